The zero-order valence-corrected chi connectivity index (χ0v) is 18.9. The fraction of sp³-hybridized carbons (Fsp3) is 0.333. The summed E-state index contributed by atoms with van der Waals surface area (Å²) in [4.78, 5) is 23.8. The van der Waals surface area contributed by atoms with E-state index >= 15 is 0 Å². The van der Waals surface area contributed by atoms with Gasteiger partial charge in [0, 0.05) is 18.8 Å². The van der Waals surface area contributed by atoms with Crippen molar-refractivity contribution in [2.75, 3.05) is 44.8 Å². The average Bonchev–Trinajstić information content (AvgIpc) is 2.80. The summed E-state index contributed by atoms with van der Waals surface area (Å²) in [7, 11) is -3.82. The van der Waals surface area contributed by atoms with Gasteiger partial charge in [0.1, 0.15) is 10.6 Å². The molecule has 0 bridgehead atoms. The number of hydrogen-bond donors (Lipinski definition) is 1. The number of esters is 1. The summed E-state index contributed by atoms with van der Waals surface area (Å²) in [6.45, 7) is 2.77. The molecule has 3 rings (SSSR count). The van der Waals surface area contributed by atoms with E-state index in [-0.39, 0.29) is 41.9 Å². The number of carbonyl (C=O) groups is 2. The van der Waals surface area contributed by atoms with Crippen molar-refractivity contribution in [2.45, 2.75) is 11.8 Å². The molecule has 1 N–H and O–H groups in total. The van der Waals surface area contributed by atoms with Crippen LogP contribution in [0.3, 0.4) is 0 Å². The van der Waals surface area contributed by atoms with Crippen molar-refractivity contribution in [3.63, 3.8) is 0 Å². The van der Waals surface area contributed by atoms with Gasteiger partial charge in [-0.25, -0.2) is 13.2 Å². The number of ether oxygens (including phenoxy) is 3. The molecular formula is C21H23ClN2O7S. The Morgan fingerprint density at radius 2 is 1.81 bits per heavy atom. The van der Waals surface area contributed by atoms with Crippen LogP contribution >= 0.6 is 11.6 Å². The van der Waals surface area contributed by atoms with E-state index in [2.05, 4.69) is 5.32 Å². The number of rotatable bonds is 8. The molecule has 1 saturated heterocycles. The lowest BCUT2D eigenvalue weighted by Crippen LogP contribution is -2.40. The molecule has 0 unspecified atom stereocenters. The van der Waals surface area contributed by atoms with E-state index in [9.17, 15) is 18.0 Å². The van der Waals surface area contributed by atoms with Crippen molar-refractivity contribution in [1.82, 2.24) is 4.31 Å². The van der Waals surface area contributed by atoms with Gasteiger partial charge in [0.2, 0.25) is 10.0 Å². The Morgan fingerprint density at radius 1 is 1.12 bits per heavy atom. The Hall–Kier alpha value is -2.66. The first kappa shape index (κ1) is 24.0. The molecule has 0 aromatic heterocycles. The van der Waals surface area contributed by atoms with E-state index in [1.165, 1.54) is 34.6 Å². The highest BCUT2D eigenvalue weighted by molar-refractivity contribution is 7.89. The third kappa shape index (κ3) is 5.98. The van der Waals surface area contributed by atoms with Gasteiger partial charge in [-0.15, -0.1) is 0 Å². The maximum absolute atomic E-state index is 12.9. The number of hydrogen-bond acceptors (Lipinski definition) is 7. The molecule has 0 saturated carbocycles. The Kier molecular flexibility index (Phi) is 8.08. The fourth-order valence-electron chi connectivity index (χ4n) is 2.95. The molecular weight excluding hydrogens is 460 g/mol. The molecule has 1 aliphatic heterocycles. The Labute approximate surface area is 191 Å². The molecule has 1 heterocycles. The number of morpholine rings is 1. The lowest BCUT2D eigenvalue weighted by Gasteiger charge is -2.26. The maximum Gasteiger partial charge on any atom is 0.338 e. The second-order valence-corrected chi connectivity index (χ2v) is 9.06. The van der Waals surface area contributed by atoms with Crippen molar-refractivity contribution in [3.05, 3.63) is 53.1 Å². The predicted molar refractivity (Wildman–Crippen MR) is 118 cm³/mol. The van der Waals surface area contributed by atoms with Crippen LogP contribution in [-0.4, -0.2) is 64.1 Å². The van der Waals surface area contributed by atoms with Crippen LogP contribution in [0.2, 0.25) is 5.02 Å². The van der Waals surface area contributed by atoms with Crippen molar-refractivity contribution >= 4 is 39.2 Å². The highest BCUT2D eigenvalue weighted by Gasteiger charge is 2.28. The summed E-state index contributed by atoms with van der Waals surface area (Å²) in [6, 6.07) is 10.4. The summed E-state index contributed by atoms with van der Waals surface area (Å²) in [5.41, 5.74) is 0.645. The van der Waals surface area contributed by atoms with Crippen LogP contribution in [0.25, 0.3) is 0 Å². The van der Waals surface area contributed by atoms with Gasteiger partial charge in [-0.05, 0) is 49.4 Å². The van der Waals surface area contributed by atoms with Gasteiger partial charge in [-0.2, -0.15) is 4.31 Å². The third-order valence-electron chi connectivity index (χ3n) is 4.54. The Morgan fingerprint density at radius 3 is 2.47 bits per heavy atom. The zero-order valence-electron chi connectivity index (χ0n) is 17.4. The number of carbonyl (C=O) groups excluding carboxylic acids is 2. The van der Waals surface area contributed by atoms with E-state index in [1.54, 1.807) is 19.1 Å². The van der Waals surface area contributed by atoms with Gasteiger partial charge in [0.05, 0.1) is 30.4 Å². The molecule has 1 amide bonds. The van der Waals surface area contributed by atoms with Crippen molar-refractivity contribution < 1.29 is 32.2 Å². The summed E-state index contributed by atoms with van der Waals surface area (Å²) in [5, 5.41) is 2.66. The molecule has 0 radical (unpaired) electrons. The molecule has 2 aromatic carbocycles. The monoisotopic (exact) mass is 482 g/mol. The van der Waals surface area contributed by atoms with Gasteiger partial charge in [0.25, 0.3) is 5.91 Å². The van der Waals surface area contributed by atoms with Crippen molar-refractivity contribution in [3.8, 4) is 5.75 Å². The molecule has 0 atom stereocenters. The second-order valence-electron chi connectivity index (χ2n) is 6.74. The van der Waals surface area contributed by atoms with Crippen LogP contribution in [0.4, 0.5) is 5.69 Å². The van der Waals surface area contributed by atoms with Gasteiger partial charge in [-0.1, -0.05) is 11.6 Å². The van der Waals surface area contributed by atoms with Crippen molar-refractivity contribution in [1.29, 1.82) is 0 Å². The first-order chi connectivity index (χ1) is 15.3. The number of nitrogens with one attached hydrogen (secondary N) is 1. The van der Waals surface area contributed by atoms with Gasteiger partial charge in [-0.3, -0.25) is 4.79 Å². The molecule has 9 nitrogen and oxygen atoms in total. The Balaban J connectivity index is 1.62. The smallest absolute Gasteiger partial charge is 0.338 e. The normalized spacial score (nSPS) is 14.6. The van der Waals surface area contributed by atoms with E-state index in [0.717, 1.165) is 0 Å². The quantitative estimate of drug-likeness (QED) is 0.575. The topological polar surface area (TPSA) is 111 Å². The SMILES string of the molecule is CCOC(=O)c1ccc(OCC(=O)Nc2ccc(Cl)c(S(=O)(=O)N3CCOCC3)c2)cc1. The van der Waals surface area contributed by atoms with Gasteiger partial charge >= 0.3 is 5.97 Å². The molecule has 1 aliphatic rings. The average molecular weight is 483 g/mol. The van der Waals surface area contributed by atoms with Crippen LogP contribution < -0.4 is 10.1 Å². The molecule has 1 fully saturated rings. The first-order valence-corrected chi connectivity index (χ1v) is 11.7. The summed E-state index contributed by atoms with van der Waals surface area (Å²) < 4.78 is 42.6. The van der Waals surface area contributed by atoms with Crippen LogP contribution in [0, 0.1) is 0 Å². The minimum Gasteiger partial charge on any atom is -0.484 e. The van der Waals surface area contributed by atoms with Crippen LogP contribution in [0.15, 0.2) is 47.4 Å². The van der Waals surface area contributed by atoms with E-state index in [1.807, 2.05) is 0 Å². The number of anilines is 1. The summed E-state index contributed by atoms with van der Waals surface area (Å²) in [5.74, 6) is -0.543. The number of benzene rings is 2. The zero-order chi connectivity index (χ0) is 23.1. The van der Waals surface area contributed by atoms with Crippen LogP contribution in [-0.2, 0) is 24.3 Å². The van der Waals surface area contributed by atoms with E-state index < -0.39 is 21.9 Å². The van der Waals surface area contributed by atoms with Gasteiger partial charge in [0.15, 0.2) is 6.61 Å². The molecule has 0 aliphatic carbocycles. The number of halogens is 1. The van der Waals surface area contributed by atoms with Gasteiger partial charge < -0.3 is 19.5 Å². The largest absolute Gasteiger partial charge is 0.484 e. The minimum absolute atomic E-state index is 0.0624. The molecule has 172 valence electrons. The maximum atomic E-state index is 12.9. The second kappa shape index (κ2) is 10.8. The number of sulfonamides is 1. The number of amides is 1. The van der Waals surface area contributed by atoms with E-state index in [0.29, 0.717) is 24.5 Å². The molecule has 2 aromatic rings. The lowest BCUT2D eigenvalue weighted by molar-refractivity contribution is -0.118. The minimum atomic E-state index is -3.82. The molecule has 11 heteroatoms. The molecule has 32 heavy (non-hydrogen) atoms. The summed E-state index contributed by atoms with van der Waals surface area (Å²) in [6.07, 6.45) is 0. The molecule has 0 spiro atoms. The lowest BCUT2D eigenvalue weighted by atomic mass is 10.2. The van der Waals surface area contributed by atoms with E-state index in [4.69, 9.17) is 25.8 Å². The third-order valence-corrected chi connectivity index (χ3v) is 6.92. The van der Waals surface area contributed by atoms with Crippen LogP contribution in [0.1, 0.15) is 17.3 Å². The standard InChI is InChI=1S/C21H23ClN2O7S/c1-2-30-21(26)15-3-6-17(7-4-15)31-14-20(25)23-16-5-8-18(22)19(13-16)32(27,28)24-9-11-29-12-10-24/h3-8,13H,2,9-12,14H2,1H3,(H,23,25). The van der Waals surface area contributed by atoms with Crippen molar-refractivity contribution in [2.24, 2.45) is 0 Å². The number of nitrogens with zero attached hydrogens (tertiary/aromatic N) is 1. The fourth-order valence-corrected chi connectivity index (χ4v) is 4.86. The first-order valence-electron chi connectivity index (χ1n) is 9.88. The van der Waals surface area contributed by atoms with Crippen LogP contribution in [0.5, 0.6) is 5.75 Å². The Bertz CT molecular complexity index is 1070. The highest BCUT2D eigenvalue weighted by Crippen LogP contribution is 2.28. The highest BCUT2D eigenvalue weighted by atomic mass is 35.5. The summed E-state index contributed by atoms with van der Waals surface area (Å²) >= 11 is 6.13. The predicted octanol–water partition coefficient (Wildman–Crippen LogP) is 2.56.